The van der Waals surface area contributed by atoms with Gasteiger partial charge in [0.1, 0.15) is 4.34 Å². The van der Waals surface area contributed by atoms with Crippen LogP contribution in [0, 0.1) is 17.2 Å². The molecule has 0 aliphatic carbocycles. The first kappa shape index (κ1) is 11.3. The minimum atomic E-state index is -4.45. The normalized spacial score (nSPS) is 13.6. The van der Waals surface area contributed by atoms with E-state index in [1.54, 1.807) is 5.38 Å². The zero-order valence-corrected chi connectivity index (χ0v) is 8.42. The molecule has 1 atom stereocenters. The largest absolute Gasteiger partial charge is 0.405 e. The molecule has 0 aliphatic heterocycles. The SMILES string of the molecule is N#CC(CSc1nccs1)C(F)(F)F. The lowest BCUT2D eigenvalue weighted by Crippen LogP contribution is -2.23. The highest BCUT2D eigenvalue weighted by molar-refractivity contribution is 8.01. The predicted octanol–water partition coefficient (Wildman–Crippen LogP) is 2.94. The van der Waals surface area contributed by atoms with Gasteiger partial charge in [-0.05, 0) is 0 Å². The van der Waals surface area contributed by atoms with Crippen molar-refractivity contribution in [1.29, 1.82) is 5.26 Å². The maximum absolute atomic E-state index is 12.1. The van der Waals surface area contributed by atoms with E-state index in [9.17, 15) is 13.2 Å². The van der Waals surface area contributed by atoms with Gasteiger partial charge in [0.05, 0.1) is 6.07 Å². The zero-order valence-electron chi connectivity index (χ0n) is 6.78. The highest BCUT2D eigenvalue weighted by Crippen LogP contribution is 2.31. The van der Waals surface area contributed by atoms with Crippen LogP contribution in [0.25, 0.3) is 0 Å². The summed E-state index contributed by atoms with van der Waals surface area (Å²) < 4.78 is 36.8. The number of rotatable bonds is 3. The van der Waals surface area contributed by atoms with E-state index in [2.05, 4.69) is 4.98 Å². The molecule has 0 aromatic carbocycles. The Morgan fingerprint density at radius 3 is 2.79 bits per heavy atom. The highest BCUT2D eigenvalue weighted by Gasteiger charge is 2.39. The maximum Gasteiger partial charge on any atom is 0.405 e. The van der Waals surface area contributed by atoms with E-state index in [0.29, 0.717) is 4.34 Å². The van der Waals surface area contributed by atoms with Crippen molar-refractivity contribution in [2.75, 3.05) is 5.75 Å². The van der Waals surface area contributed by atoms with E-state index >= 15 is 0 Å². The van der Waals surface area contributed by atoms with Gasteiger partial charge in [0.15, 0.2) is 5.92 Å². The van der Waals surface area contributed by atoms with Gasteiger partial charge in [-0.25, -0.2) is 4.98 Å². The highest BCUT2D eigenvalue weighted by atomic mass is 32.2. The first-order valence-corrected chi connectivity index (χ1v) is 5.39. The molecule has 76 valence electrons. The molecular weight excluding hydrogens is 233 g/mol. The monoisotopic (exact) mass is 238 g/mol. The second-order valence-electron chi connectivity index (χ2n) is 2.33. The van der Waals surface area contributed by atoms with Gasteiger partial charge in [-0.1, -0.05) is 11.8 Å². The summed E-state index contributed by atoms with van der Waals surface area (Å²) in [4.78, 5) is 3.81. The number of halogens is 3. The van der Waals surface area contributed by atoms with Crippen LogP contribution in [0.2, 0.25) is 0 Å². The van der Waals surface area contributed by atoms with Crippen molar-refractivity contribution in [3.63, 3.8) is 0 Å². The zero-order chi connectivity index (χ0) is 10.6. The molecule has 14 heavy (non-hydrogen) atoms. The predicted molar refractivity (Wildman–Crippen MR) is 48.0 cm³/mol. The molecule has 0 fully saturated rings. The number of nitrogens with zero attached hydrogens (tertiary/aromatic N) is 2. The van der Waals surface area contributed by atoms with Crippen LogP contribution < -0.4 is 0 Å². The molecular formula is C7H5F3N2S2. The molecule has 0 spiro atoms. The molecule has 0 amide bonds. The van der Waals surface area contributed by atoms with Crippen LogP contribution in [0.15, 0.2) is 15.9 Å². The lowest BCUT2D eigenvalue weighted by molar-refractivity contribution is -0.152. The van der Waals surface area contributed by atoms with Gasteiger partial charge in [0.25, 0.3) is 0 Å². The Morgan fingerprint density at radius 2 is 2.36 bits per heavy atom. The van der Waals surface area contributed by atoms with Gasteiger partial charge >= 0.3 is 6.18 Å². The third-order valence-electron chi connectivity index (χ3n) is 1.33. The van der Waals surface area contributed by atoms with E-state index in [1.807, 2.05) is 0 Å². The molecule has 0 aliphatic rings. The fraction of sp³-hybridized carbons (Fsp3) is 0.429. The third-order valence-corrected chi connectivity index (χ3v) is 3.39. The molecule has 1 aromatic heterocycles. The number of nitriles is 1. The molecule has 0 radical (unpaired) electrons. The Labute approximate surface area is 86.8 Å². The van der Waals surface area contributed by atoms with Crippen LogP contribution in [0.5, 0.6) is 0 Å². The van der Waals surface area contributed by atoms with Crippen LogP contribution in [0.3, 0.4) is 0 Å². The van der Waals surface area contributed by atoms with Crippen LogP contribution >= 0.6 is 23.1 Å². The summed E-state index contributed by atoms with van der Waals surface area (Å²) in [6, 6.07) is 1.24. The Morgan fingerprint density at radius 1 is 1.64 bits per heavy atom. The molecule has 0 bridgehead atoms. The number of hydrogen-bond donors (Lipinski definition) is 0. The smallest absolute Gasteiger partial charge is 0.238 e. The number of aromatic nitrogens is 1. The molecule has 7 heteroatoms. The molecule has 1 aromatic rings. The maximum atomic E-state index is 12.1. The minimum absolute atomic E-state index is 0.298. The summed E-state index contributed by atoms with van der Waals surface area (Å²) in [6.07, 6.45) is -2.93. The second-order valence-corrected chi connectivity index (χ2v) is 4.49. The summed E-state index contributed by atoms with van der Waals surface area (Å²) in [5, 5.41) is 9.97. The molecule has 0 saturated heterocycles. The molecule has 2 nitrogen and oxygen atoms in total. The number of thioether (sulfide) groups is 1. The number of hydrogen-bond acceptors (Lipinski definition) is 4. The van der Waals surface area contributed by atoms with Gasteiger partial charge in [0.2, 0.25) is 0 Å². The Bertz CT molecular complexity index is 315. The number of alkyl halides is 3. The number of thiazole rings is 1. The average Bonchev–Trinajstić information content (AvgIpc) is 2.55. The Hall–Kier alpha value is -0.740. The molecule has 1 heterocycles. The lowest BCUT2D eigenvalue weighted by atomic mass is 10.2. The fourth-order valence-electron chi connectivity index (χ4n) is 0.641. The molecule has 0 N–H and O–H groups in total. The summed E-state index contributed by atoms with van der Waals surface area (Å²) in [5.41, 5.74) is 0. The van der Waals surface area contributed by atoms with Gasteiger partial charge in [-0.15, -0.1) is 11.3 Å². The Balaban J connectivity index is 2.48. The van der Waals surface area contributed by atoms with Gasteiger partial charge < -0.3 is 0 Å². The third kappa shape index (κ3) is 3.20. The summed E-state index contributed by atoms with van der Waals surface area (Å²) in [7, 11) is 0. The van der Waals surface area contributed by atoms with Crippen molar-refractivity contribution >= 4 is 23.1 Å². The first-order chi connectivity index (χ1) is 6.54. The van der Waals surface area contributed by atoms with Crippen molar-refractivity contribution in [1.82, 2.24) is 4.98 Å². The van der Waals surface area contributed by atoms with Gasteiger partial charge in [0, 0.05) is 17.3 Å². The van der Waals surface area contributed by atoms with Gasteiger partial charge in [-0.2, -0.15) is 18.4 Å². The van der Waals surface area contributed by atoms with Crippen molar-refractivity contribution < 1.29 is 13.2 Å². The molecule has 1 unspecified atom stereocenters. The minimum Gasteiger partial charge on any atom is -0.238 e. The topological polar surface area (TPSA) is 36.7 Å². The quantitative estimate of drug-likeness (QED) is 0.760. The fourth-order valence-corrected chi connectivity index (χ4v) is 2.35. The summed E-state index contributed by atoms with van der Waals surface area (Å²) in [6.45, 7) is 0. The van der Waals surface area contributed by atoms with Crippen molar-refractivity contribution in [2.45, 2.75) is 10.5 Å². The standard InChI is InChI=1S/C7H5F3N2S2/c8-7(9,10)5(3-11)4-14-6-12-1-2-13-6/h1-2,5H,4H2. The molecule has 0 saturated carbocycles. The van der Waals surface area contributed by atoms with Crippen LogP contribution in [-0.4, -0.2) is 16.9 Å². The molecule has 1 rings (SSSR count). The van der Waals surface area contributed by atoms with Crippen LogP contribution in [0.1, 0.15) is 0 Å². The second kappa shape index (κ2) is 4.66. The summed E-state index contributed by atoms with van der Waals surface area (Å²) >= 11 is 2.21. The Kier molecular flexibility index (Phi) is 3.77. The van der Waals surface area contributed by atoms with E-state index < -0.39 is 12.1 Å². The van der Waals surface area contributed by atoms with E-state index in [-0.39, 0.29) is 5.75 Å². The first-order valence-electron chi connectivity index (χ1n) is 3.52. The van der Waals surface area contributed by atoms with Crippen LogP contribution in [0.4, 0.5) is 13.2 Å². The summed E-state index contributed by atoms with van der Waals surface area (Å²) in [5.74, 6) is -2.22. The average molecular weight is 238 g/mol. The lowest BCUT2D eigenvalue weighted by Gasteiger charge is -2.11. The van der Waals surface area contributed by atoms with E-state index in [4.69, 9.17) is 5.26 Å². The van der Waals surface area contributed by atoms with Crippen molar-refractivity contribution in [3.8, 4) is 6.07 Å². The van der Waals surface area contributed by atoms with Crippen molar-refractivity contribution in [3.05, 3.63) is 11.6 Å². The van der Waals surface area contributed by atoms with Crippen molar-refractivity contribution in [2.24, 2.45) is 5.92 Å². The van der Waals surface area contributed by atoms with Gasteiger partial charge in [-0.3, -0.25) is 0 Å². The van der Waals surface area contributed by atoms with E-state index in [0.717, 1.165) is 11.8 Å². The van der Waals surface area contributed by atoms with E-state index in [1.165, 1.54) is 23.6 Å². The van der Waals surface area contributed by atoms with Crippen LogP contribution in [-0.2, 0) is 0 Å².